The minimum atomic E-state index is -3.43. The summed E-state index contributed by atoms with van der Waals surface area (Å²) in [5.41, 5.74) is 0. The van der Waals surface area contributed by atoms with E-state index in [1.54, 1.807) is 6.92 Å². The monoisotopic (exact) mass is 253 g/mol. The lowest BCUT2D eigenvalue weighted by Gasteiger charge is -2.13. The number of esters is 1. The average Bonchev–Trinajstić information content (AvgIpc) is 2.25. The molecule has 0 aliphatic rings. The Morgan fingerprint density at radius 2 is 2.12 bits per heavy atom. The number of carbonyl (C=O) groups excluding carboxylic acids is 1. The summed E-state index contributed by atoms with van der Waals surface area (Å²) in [7, 11) is -2.17. The fourth-order valence-electron chi connectivity index (χ4n) is 1.07. The van der Waals surface area contributed by atoms with E-state index in [9.17, 15) is 13.2 Å². The van der Waals surface area contributed by atoms with Crippen LogP contribution in [0.5, 0.6) is 0 Å². The number of ether oxygens (including phenoxy) is 1. The molecule has 1 atom stereocenters. The van der Waals surface area contributed by atoms with E-state index >= 15 is 0 Å². The number of hydrogen-bond donors (Lipinski definition) is 2. The van der Waals surface area contributed by atoms with Crippen LogP contribution in [0.1, 0.15) is 26.2 Å². The van der Waals surface area contributed by atoms with Gasteiger partial charge in [-0.15, -0.1) is 0 Å². The molecule has 0 aromatic rings. The Hall–Kier alpha value is -0.660. The summed E-state index contributed by atoms with van der Waals surface area (Å²) in [5.74, 6) is -0.567. The summed E-state index contributed by atoms with van der Waals surface area (Å²) in [6.45, 7) is 1.55. The molecule has 0 aromatic heterocycles. The molecule has 0 unspecified atom stereocenters. The van der Waals surface area contributed by atoms with Crippen LogP contribution in [-0.2, 0) is 19.6 Å². The zero-order valence-electron chi connectivity index (χ0n) is 9.60. The van der Waals surface area contributed by atoms with Gasteiger partial charge in [-0.05, 0) is 12.8 Å². The van der Waals surface area contributed by atoms with E-state index in [-0.39, 0.29) is 25.2 Å². The molecule has 6 nitrogen and oxygen atoms in total. The van der Waals surface area contributed by atoms with Crippen LogP contribution in [0.25, 0.3) is 0 Å². The molecular weight excluding hydrogens is 234 g/mol. The molecule has 7 heteroatoms. The van der Waals surface area contributed by atoms with Gasteiger partial charge in [-0.2, -0.15) is 0 Å². The molecular formula is C9H19NO5S. The molecule has 0 amide bonds. The molecule has 2 N–H and O–H groups in total. The van der Waals surface area contributed by atoms with Crippen molar-refractivity contribution in [3.63, 3.8) is 0 Å². The highest BCUT2D eigenvalue weighted by Crippen LogP contribution is 1.99. The molecule has 0 saturated heterocycles. The molecule has 0 fully saturated rings. The first-order chi connectivity index (χ1) is 7.45. The quantitative estimate of drug-likeness (QED) is 0.576. The van der Waals surface area contributed by atoms with Gasteiger partial charge in [0, 0.05) is 12.5 Å². The van der Waals surface area contributed by atoms with E-state index in [1.165, 1.54) is 7.11 Å². The molecule has 0 saturated carbocycles. The van der Waals surface area contributed by atoms with Crippen molar-refractivity contribution >= 4 is 16.0 Å². The van der Waals surface area contributed by atoms with Gasteiger partial charge in [-0.25, -0.2) is 13.1 Å². The fourth-order valence-corrected chi connectivity index (χ4v) is 2.46. The maximum Gasteiger partial charge on any atom is 0.305 e. The zero-order valence-corrected chi connectivity index (χ0v) is 10.4. The molecule has 0 radical (unpaired) electrons. The maximum atomic E-state index is 11.5. The third-order valence-corrected chi connectivity index (χ3v) is 3.60. The Labute approximate surface area is 96.0 Å². The number of sulfonamides is 1. The van der Waals surface area contributed by atoms with Crippen molar-refractivity contribution in [1.29, 1.82) is 0 Å². The highest BCUT2D eigenvalue weighted by Gasteiger charge is 2.16. The van der Waals surface area contributed by atoms with E-state index in [1.807, 2.05) is 0 Å². The van der Waals surface area contributed by atoms with Crippen LogP contribution in [0.4, 0.5) is 0 Å². The van der Waals surface area contributed by atoms with Crippen LogP contribution in [-0.4, -0.2) is 45.0 Å². The summed E-state index contributed by atoms with van der Waals surface area (Å²) in [6, 6.07) is -0.455. The fraction of sp³-hybridized carbons (Fsp3) is 0.889. The van der Waals surface area contributed by atoms with Crippen molar-refractivity contribution in [1.82, 2.24) is 4.72 Å². The third-order valence-electron chi connectivity index (χ3n) is 2.08. The van der Waals surface area contributed by atoms with Gasteiger partial charge in [-0.1, -0.05) is 6.92 Å². The lowest BCUT2D eigenvalue weighted by atomic mass is 10.3. The molecule has 0 spiro atoms. The number of aliphatic hydroxyl groups is 1. The second kappa shape index (κ2) is 7.59. The van der Waals surface area contributed by atoms with E-state index in [2.05, 4.69) is 9.46 Å². The summed E-state index contributed by atoms with van der Waals surface area (Å²) in [6.07, 6.45) is 0.809. The smallest absolute Gasteiger partial charge is 0.305 e. The maximum absolute atomic E-state index is 11.5. The average molecular weight is 253 g/mol. The van der Waals surface area contributed by atoms with Gasteiger partial charge >= 0.3 is 5.97 Å². The molecule has 96 valence electrons. The number of aliphatic hydroxyl groups excluding tert-OH is 1. The van der Waals surface area contributed by atoms with Crippen LogP contribution in [0.2, 0.25) is 0 Å². The number of carbonyl (C=O) groups is 1. The molecule has 0 bridgehead atoms. The van der Waals surface area contributed by atoms with Crippen molar-refractivity contribution < 1.29 is 23.1 Å². The van der Waals surface area contributed by atoms with Gasteiger partial charge < -0.3 is 9.84 Å². The van der Waals surface area contributed by atoms with Gasteiger partial charge in [0.1, 0.15) is 0 Å². The van der Waals surface area contributed by atoms with Crippen LogP contribution in [0, 0.1) is 0 Å². The minimum Gasteiger partial charge on any atom is -0.469 e. The van der Waals surface area contributed by atoms with Crippen LogP contribution in [0.3, 0.4) is 0 Å². The first-order valence-corrected chi connectivity index (χ1v) is 6.78. The third kappa shape index (κ3) is 6.76. The predicted molar refractivity (Wildman–Crippen MR) is 59.3 cm³/mol. The van der Waals surface area contributed by atoms with E-state index in [0.717, 1.165) is 0 Å². The van der Waals surface area contributed by atoms with Crippen LogP contribution < -0.4 is 4.72 Å². The molecule has 0 rings (SSSR count). The molecule has 0 aliphatic carbocycles. The summed E-state index contributed by atoms with van der Waals surface area (Å²) >= 11 is 0. The predicted octanol–water partition coefficient (Wildman–Crippen LogP) is -0.370. The summed E-state index contributed by atoms with van der Waals surface area (Å²) in [4.78, 5) is 10.8. The SMILES string of the molecule is CC[C@H](CO)NS(=O)(=O)CCCC(=O)OC. The van der Waals surface area contributed by atoms with E-state index < -0.39 is 22.0 Å². The second-order valence-corrected chi connectivity index (χ2v) is 5.28. The normalized spacial score (nSPS) is 13.4. The van der Waals surface area contributed by atoms with Crippen molar-refractivity contribution in [2.24, 2.45) is 0 Å². The van der Waals surface area contributed by atoms with Crippen molar-refractivity contribution in [2.45, 2.75) is 32.2 Å². The Morgan fingerprint density at radius 3 is 2.56 bits per heavy atom. The number of methoxy groups -OCH3 is 1. The van der Waals surface area contributed by atoms with Crippen molar-refractivity contribution in [3.8, 4) is 0 Å². The molecule has 0 aliphatic heterocycles. The van der Waals surface area contributed by atoms with Gasteiger partial charge in [0.25, 0.3) is 0 Å². The molecule has 0 heterocycles. The summed E-state index contributed by atoms with van der Waals surface area (Å²) in [5, 5.41) is 8.84. The van der Waals surface area contributed by atoms with Crippen LogP contribution in [0.15, 0.2) is 0 Å². The zero-order chi connectivity index (χ0) is 12.6. The summed E-state index contributed by atoms with van der Waals surface area (Å²) < 4.78 is 29.7. The first kappa shape index (κ1) is 15.3. The highest BCUT2D eigenvalue weighted by atomic mass is 32.2. The molecule has 0 aromatic carbocycles. The molecule has 16 heavy (non-hydrogen) atoms. The Morgan fingerprint density at radius 1 is 1.50 bits per heavy atom. The number of hydrogen-bond acceptors (Lipinski definition) is 5. The lowest BCUT2D eigenvalue weighted by Crippen LogP contribution is -2.38. The van der Waals surface area contributed by atoms with Gasteiger partial charge in [0.2, 0.25) is 10.0 Å². The minimum absolute atomic E-state index is 0.0767. The Balaban J connectivity index is 4.01. The van der Waals surface area contributed by atoms with E-state index in [0.29, 0.717) is 6.42 Å². The second-order valence-electron chi connectivity index (χ2n) is 3.40. The largest absolute Gasteiger partial charge is 0.469 e. The highest BCUT2D eigenvalue weighted by molar-refractivity contribution is 7.89. The van der Waals surface area contributed by atoms with E-state index in [4.69, 9.17) is 5.11 Å². The Kier molecular flexibility index (Phi) is 7.27. The van der Waals surface area contributed by atoms with Gasteiger partial charge in [-0.3, -0.25) is 4.79 Å². The lowest BCUT2D eigenvalue weighted by molar-refractivity contribution is -0.140. The van der Waals surface area contributed by atoms with Crippen molar-refractivity contribution in [3.05, 3.63) is 0 Å². The van der Waals surface area contributed by atoms with Gasteiger partial charge in [0.05, 0.1) is 19.5 Å². The standard InChI is InChI=1S/C9H19NO5S/c1-3-8(7-11)10-16(13,14)6-4-5-9(12)15-2/h8,10-11H,3-7H2,1-2H3/t8-/m1/s1. The first-order valence-electron chi connectivity index (χ1n) is 5.12. The number of nitrogens with one attached hydrogen (secondary N) is 1. The Bertz CT molecular complexity index is 297. The van der Waals surface area contributed by atoms with Crippen molar-refractivity contribution in [2.75, 3.05) is 19.5 Å². The van der Waals surface area contributed by atoms with Crippen LogP contribution >= 0.6 is 0 Å². The topological polar surface area (TPSA) is 92.7 Å². The number of rotatable bonds is 8. The van der Waals surface area contributed by atoms with Gasteiger partial charge in [0.15, 0.2) is 0 Å².